The molecule has 0 amide bonds. The predicted octanol–water partition coefficient (Wildman–Crippen LogP) is 5.88. The van der Waals surface area contributed by atoms with Gasteiger partial charge in [-0.15, -0.1) is 0 Å². The summed E-state index contributed by atoms with van der Waals surface area (Å²) in [5.74, 6) is 1.35. The van der Waals surface area contributed by atoms with Crippen LogP contribution < -0.4 is 0 Å². The molecule has 1 aromatic carbocycles. The molecule has 116 valence electrons. The topological polar surface area (TPSA) is 12.9 Å². The molecule has 0 spiro atoms. The van der Waals surface area contributed by atoms with Crippen molar-refractivity contribution in [3.63, 3.8) is 0 Å². The maximum Gasteiger partial charge on any atom is 0.132 e. The van der Waals surface area contributed by atoms with E-state index < -0.39 is 0 Å². The quantitative estimate of drug-likeness (QED) is 0.689. The van der Waals surface area contributed by atoms with Crippen molar-refractivity contribution in [2.75, 3.05) is 0 Å². The lowest BCUT2D eigenvalue weighted by molar-refractivity contribution is 0.318. The van der Waals surface area contributed by atoms with E-state index in [1.165, 1.54) is 37.7 Å². The van der Waals surface area contributed by atoms with Crippen LogP contribution in [0.25, 0.3) is 11.3 Å². The Morgan fingerprint density at radius 3 is 2.45 bits per heavy atom. The Labute approximate surface area is 132 Å². The molecule has 22 heavy (non-hydrogen) atoms. The molecule has 0 unspecified atom stereocenters. The van der Waals surface area contributed by atoms with Crippen LogP contribution in [0.2, 0.25) is 0 Å². The second-order valence-corrected chi connectivity index (χ2v) is 6.59. The van der Waals surface area contributed by atoms with Gasteiger partial charge in [-0.3, -0.25) is 4.98 Å². The normalized spacial score (nSPS) is 21.8. The van der Waals surface area contributed by atoms with Crippen LogP contribution in [0.1, 0.15) is 56.1 Å². The number of rotatable bonds is 3. The highest BCUT2D eigenvalue weighted by Gasteiger charge is 2.21. The molecular formula is C20H24FN. The molecule has 3 rings (SSSR count). The number of aromatic nitrogens is 1. The minimum atomic E-state index is -0.191. The summed E-state index contributed by atoms with van der Waals surface area (Å²) in [6, 6.07) is 9.42. The zero-order valence-electron chi connectivity index (χ0n) is 13.5. The first kappa shape index (κ1) is 15.2. The summed E-state index contributed by atoms with van der Waals surface area (Å²) in [6.07, 6.45) is 8.43. The fraction of sp³-hybridized carbons (Fsp3) is 0.450. The SMILES string of the molecule is CC[C@H]1CC[C@H](c2ccc(-c3ccc(C)cc3F)nc2)CC1. The lowest BCUT2D eigenvalue weighted by Gasteiger charge is -2.27. The summed E-state index contributed by atoms with van der Waals surface area (Å²) < 4.78 is 14.0. The second kappa shape index (κ2) is 6.60. The average Bonchev–Trinajstić information content (AvgIpc) is 2.55. The van der Waals surface area contributed by atoms with E-state index in [4.69, 9.17) is 0 Å². The lowest BCUT2D eigenvalue weighted by Crippen LogP contribution is -2.12. The number of pyridine rings is 1. The summed E-state index contributed by atoms with van der Waals surface area (Å²) in [5, 5.41) is 0. The van der Waals surface area contributed by atoms with Gasteiger partial charge in [-0.05, 0) is 73.8 Å². The van der Waals surface area contributed by atoms with Crippen molar-refractivity contribution in [1.29, 1.82) is 0 Å². The Morgan fingerprint density at radius 1 is 1.09 bits per heavy atom. The third-order valence-corrected chi connectivity index (χ3v) is 5.08. The Kier molecular flexibility index (Phi) is 4.56. The highest BCUT2D eigenvalue weighted by atomic mass is 19.1. The van der Waals surface area contributed by atoms with E-state index >= 15 is 0 Å². The van der Waals surface area contributed by atoms with E-state index in [2.05, 4.69) is 18.0 Å². The van der Waals surface area contributed by atoms with Crippen LogP contribution in [0.5, 0.6) is 0 Å². The monoisotopic (exact) mass is 297 g/mol. The molecule has 1 aliphatic carbocycles. The van der Waals surface area contributed by atoms with E-state index in [9.17, 15) is 4.39 Å². The molecule has 1 saturated carbocycles. The molecule has 1 aromatic heterocycles. The first-order chi connectivity index (χ1) is 10.7. The number of halogens is 1. The van der Waals surface area contributed by atoms with Gasteiger partial charge in [-0.1, -0.05) is 25.5 Å². The molecule has 1 heterocycles. The standard InChI is InChI=1S/C20H24FN/c1-3-15-5-7-16(8-6-15)17-9-11-20(22-13-17)18-10-4-14(2)12-19(18)21/h4,9-13,15-16H,3,5-8H2,1-2H3/t15-,16-. The van der Waals surface area contributed by atoms with Gasteiger partial charge in [-0.2, -0.15) is 0 Å². The van der Waals surface area contributed by atoms with Crippen LogP contribution in [-0.4, -0.2) is 4.98 Å². The molecule has 2 aromatic rings. The van der Waals surface area contributed by atoms with E-state index in [1.807, 2.05) is 31.3 Å². The van der Waals surface area contributed by atoms with Crippen LogP contribution in [0.3, 0.4) is 0 Å². The van der Waals surface area contributed by atoms with Crippen molar-refractivity contribution >= 4 is 0 Å². The van der Waals surface area contributed by atoms with Gasteiger partial charge in [0.15, 0.2) is 0 Å². The summed E-state index contributed by atoms with van der Waals surface area (Å²) in [7, 11) is 0. The zero-order chi connectivity index (χ0) is 15.5. The van der Waals surface area contributed by atoms with Gasteiger partial charge < -0.3 is 0 Å². The molecule has 0 bridgehead atoms. The number of hydrogen-bond acceptors (Lipinski definition) is 1. The Morgan fingerprint density at radius 2 is 1.86 bits per heavy atom. The molecule has 1 fully saturated rings. The summed E-state index contributed by atoms with van der Waals surface area (Å²) in [6.45, 7) is 4.19. The van der Waals surface area contributed by atoms with Gasteiger partial charge in [0.25, 0.3) is 0 Å². The Hall–Kier alpha value is -1.70. The van der Waals surface area contributed by atoms with Crippen molar-refractivity contribution in [3.05, 3.63) is 53.5 Å². The van der Waals surface area contributed by atoms with Gasteiger partial charge in [-0.25, -0.2) is 4.39 Å². The molecule has 0 radical (unpaired) electrons. The van der Waals surface area contributed by atoms with Crippen molar-refractivity contribution in [1.82, 2.24) is 4.98 Å². The van der Waals surface area contributed by atoms with E-state index in [0.717, 1.165) is 17.2 Å². The smallest absolute Gasteiger partial charge is 0.132 e. The van der Waals surface area contributed by atoms with E-state index in [1.54, 1.807) is 6.07 Å². The lowest BCUT2D eigenvalue weighted by atomic mass is 9.78. The zero-order valence-corrected chi connectivity index (χ0v) is 13.5. The van der Waals surface area contributed by atoms with Crippen molar-refractivity contribution in [2.45, 2.75) is 51.9 Å². The largest absolute Gasteiger partial charge is 0.256 e. The third-order valence-electron chi connectivity index (χ3n) is 5.08. The molecule has 1 nitrogen and oxygen atoms in total. The van der Waals surface area contributed by atoms with Gasteiger partial charge in [0, 0.05) is 11.8 Å². The minimum Gasteiger partial charge on any atom is -0.256 e. The van der Waals surface area contributed by atoms with Crippen LogP contribution in [0.4, 0.5) is 4.39 Å². The molecule has 0 saturated heterocycles. The number of benzene rings is 1. The minimum absolute atomic E-state index is 0.191. The van der Waals surface area contributed by atoms with Crippen LogP contribution in [0, 0.1) is 18.7 Å². The van der Waals surface area contributed by atoms with Crippen molar-refractivity contribution < 1.29 is 4.39 Å². The van der Waals surface area contributed by atoms with Gasteiger partial charge in [0.2, 0.25) is 0 Å². The molecule has 0 atom stereocenters. The second-order valence-electron chi connectivity index (χ2n) is 6.59. The van der Waals surface area contributed by atoms with Gasteiger partial charge >= 0.3 is 0 Å². The Balaban J connectivity index is 1.75. The van der Waals surface area contributed by atoms with E-state index in [-0.39, 0.29) is 5.82 Å². The highest BCUT2D eigenvalue weighted by molar-refractivity contribution is 5.60. The average molecular weight is 297 g/mol. The van der Waals surface area contributed by atoms with E-state index in [0.29, 0.717) is 11.5 Å². The molecule has 0 N–H and O–H groups in total. The number of hydrogen-bond donors (Lipinski definition) is 0. The highest BCUT2D eigenvalue weighted by Crippen LogP contribution is 2.37. The molecule has 2 heteroatoms. The van der Waals surface area contributed by atoms with Crippen molar-refractivity contribution in [2.24, 2.45) is 5.92 Å². The third kappa shape index (κ3) is 3.21. The summed E-state index contributed by atoms with van der Waals surface area (Å²) >= 11 is 0. The Bertz CT molecular complexity index is 625. The first-order valence-electron chi connectivity index (χ1n) is 8.40. The fourth-order valence-corrected chi connectivity index (χ4v) is 3.54. The van der Waals surface area contributed by atoms with Crippen molar-refractivity contribution in [3.8, 4) is 11.3 Å². The number of nitrogens with zero attached hydrogens (tertiary/aromatic N) is 1. The molecule has 0 aliphatic heterocycles. The summed E-state index contributed by atoms with van der Waals surface area (Å²) in [5.41, 5.74) is 3.56. The predicted molar refractivity (Wildman–Crippen MR) is 89.4 cm³/mol. The number of aryl methyl sites for hydroxylation is 1. The van der Waals surface area contributed by atoms with Crippen LogP contribution in [0.15, 0.2) is 36.5 Å². The van der Waals surface area contributed by atoms with Gasteiger partial charge in [0.05, 0.1) is 5.69 Å². The molecular weight excluding hydrogens is 273 g/mol. The maximum atomic E-state index is 14.0. The van der Waals surface area contributed by atoms with Gasteiger partial charge in [0.1, 0.15) is 5.82 Å². The summed E-state index contributed by atoms with van der Waals surface area (Å²) in [4.78, 5) is 4.51. The first-order valence-corrected chi connectivity index (χ1v) is 8.40. The van der Waals surface area contributed by atoms with Crippen LogP contribution >= 0.6 is 0 Å². The molecule has 1 aliphatic rings. The van der Waals surface area contributed by atoms with Crippen LogP contribution in [-0.2, 0) is 0 Å². The fourth-order valence-electron chi connectivity index (χ4n) is 3.54. The maximum absolute atomic E-state index is 14.0.